The Bertz CT molecular complexity index is 521. The van der Waals surface area contributed by atoms with Gasteiger partial charge in [-0.25, -0.2) is 0 Å². The average Bonchev–Trinajstić information content (AvgIpc) is 2.62. The fourth-order valence-electron chi connectivity index (χ4n) is 5.09. The van der Waals surface area contributed by atoms with Crippen LogP contribution in [0.25, 0.3) is 0 Å². The first-order valence-electron chi connectivity index (χ1n) is 10.0. The Morgan fingerprint density at radius 2 is 1.52 bits per heavy atom. The second-order valence-electron chi connectivity index (χ2n) is 8.16. The summed E-state index contributed by atoms with van der Waals surface area (Å²) in [4.78, 5) is 3.63. The average molecular weight is 353 g/mol. The van der Waals surface area contributed by atoms with Crippen molar-refractivity contribution >= 4 is 0 Å². The summed E-state index contributed by atoms with van der Waals surface area (Å²) in [5, 5.41) is 0. The van der Waals surface area contributed by atoms with Gasteiger partial charge in [0, 0.05) is 6.20 Å². The van der Waals surface area contributed by atoms with Crippen LogP contribution in [-0.2, 0) is 6.18 Å². The monoisotopic (exact) mass is 353 g/mol. The van der Waals surface area contributed by atoms with Crippen LogP contribution in [0.1, 0.15) is 88.3 Å². The van der Waals surface area contributed by atoms with Gasteiger partial charge < -0.3 is 0 Å². The fourth-order valence-corrected chi connectivity index (χ4v) is 5.09. The van der Waals surface area contributed by atoms with Gasteiger partial charge in [0.25, 0.3) is 0 Å². The molecule has 0 spiro atoms. The van der Waals surface area contributed by atoms with E-state index in [1.807, 2.05) is 0 Å². The van der Waals surface area contributed by atoms with Crippen LogP contribution < -0.4 is 0 Å². The van der Waals surface area contributed by atoms with Crippen LogP contribution in [0.5, 0.6) is 0 Å². The minimum absolute atomic E-state index is 0.391. The first-order valence-corrected chi connectivity index (χ1v) is 10.0. The number of pyridine rings is 1. The third-order valence-electron chi connectivity index (χ3n) is 6.58. The van der Waals surface area contributed by atoms with E-state index in [0.717, 1.165) is 42.2 Å². The molecule has 4 heteroatoms. The van der Waals surface area contributed by atoms with Crippen LogP contribution in [0.15, 0.2) is 18.3 Å². The van der Waals surface area contributed by atoms with Gasteiger partial charge in [-0.05, 0) is 73.8 Å². The third kappa shape index (κ3) is 4.77. The summed E-state index contributed by atoms with van der Waals surface area (Å²) >= 11 is 0. The maximum atomic E-state index is 12.6. The van der Waals surface area contributed by atoms with E-state index in [4.69, 9.17) is 0 Å². The molecule has 0 N–H and O–H groups in total. The van der Waals surface area contributed by atoms with Gasteiger partial charge in [0.1, 0.15) is 5.69 Å². The lowest BCUT2D eigenvalue weighted by atomic mass is 9.68. The molecule has 1 nitrogen and oxygen atoms in total. The van der Waals surface area contributed by atoms with Gasteiger partial charge in [-0.2, -0.15) is 13.2 Å². The van der Waals surface area contributed by atoms with Gasteiger partial charge >= 0.3 is 6.18 Å². The SMILES string of the molecule is CCC[C@H]1CC[C@H]([C@H]2CC[C@H](c3ccc(C(F)(F)F)nc3)CC2)CC1. The zero-order chi connectivity index (χ0) is 17.9. The molecule has 2 saturated carbocycles. The topological polar surface area (TPSA) is 12.9 Å². The molecule has 0 aromatic carbocycles. The summed E-state index contributed by atoms with van der Waals surface area (Å²) in [5.41, 5.74) is 0.201. The summed E-state index contributed by atoms with van der Waals surface area (Å²) in [6.07, 6.45) is 10.1. The molecule has 1 aromatic rings. The zero-order valence-electron chi connectivity index (χ0n) is 15.2. The van der Waals surface area contributed by atoms with E-state index in [9.17, 15) is 13.2 Å². The van der Waals surface area contributed by atoms with Gasteiger partial charge in [0.15, 0.2) is 0 Å². The van der Waals surface area contributed by atoms with Crippen molar-refractivity contribution in [3.63, 3.8) is 0 Å². The Balaban J connectivity index is 1.49. The second kappa shape index (κ2) is 8.09. The van der Waals surface area contributed by atoms with Crippen LogP contribution in [0.3, 0.4) is 0 Å². The Labute approximate surface area is 149 Å². The third-order valence-corrected chi connectivity index (χ3v) is 6.58. The molecule has 0 saturated heterocycles. The van der Waals surface area contributed by atoms with E-state index in [0.29, 0.717) is 5.92 Å². The number of aromatic nitrogens is 1. The first kappa shape index (κ1) is 18.7. The molecule has 0 unspecified atom stereocenters. The molecular weight excluding hydrogens is 323 g/mol. The minimum atomic E-state index is -4.34. The second-order valence-corrected chi connectivity index (χ2v) is 8.16. The lowest BCUT2D eigenvalue weighted by molar-refractivity contribution is -0.141. The van der Waals surface area contributed by atoms with Gasteiger partial charge in [-0.3, -0.25) is 4.98 Å². The molecular formula is C21H30F3N. The molecule has 2 aliphatic carbocycles. The minimum Gasteiger partial charge on any atom is -0.251 e. The van der Waals surface area contributed by atoms with Gasteiger partial charge in [-0.1, -0.05) is 38.7 Å². The fraction of sp³-hybridized carbons (Fsp3) is 0.762. The van der Waals surface area contributed by atoms with Crippen molar-refractivity contribution in [2.24, 2.45) is 17.8 Å². The molecule has 0 aliphatic heterocycles. The van der Waals surface area contributed by atoms with Gasteiger partial charge in [0.05, 0.1) is 0 Å². The van der Waals surface area contributed by atoms with Gasteiger partial charge in [0.2, 0.25) is 0 Å². The standard InChI is InChI=1S/C21H30F3N/c1-2-3-15-4-6-16(7-5-15)17-8-10-18(11-9-17)19-12-13-20(25-14-19)21(22,23)24/h12-18H,2-11H2,1H3/t15-,16-,17-,18-. The smallest absolute Gasteiger partial charge is 0.251 e. The molecule has 0 radical (unpaired) electrons. The molecule has 140 valence electrons. The molecule has 25 heavy (non-hydrogen) atoms. The predicted octanol–water partition coefficient (Wildman–Crippen LogP) is 6.98. The maximum Gasteiger partial charge on any atom is 0.433 e. The summed E-state index contributed by atoms with van der Waals surface area (Å²) in [6, 6.07) is 2.77. The summed E-state index contributed by atoms with van der Waals surface area (Å²) < 4.78 is 37.9. The quantitative estimate of drug-likeness (QED) is 0.569. The Morgan fingerprint density at radius 3 is 2.00 bits per heavy atom. The highest BCUT2D eigenvalue weighted by Gasteiger charge is 2.33. The van der Waals surface area contributed by atoms with E-state index in [1.165, 1.54) is 57.6 Å². The predicted molar refractivity (Wildman–Crippen MR) is 94.3 cm³/mol. The van der Waals surface area contributed by atoms with E-state index in [2.05, 4.69) is 11.9 Å². The largest absolute Gasteiger partial charge is 0.433 e. The van der Waals surface area contributed by atoms with Crippen LogP contribution in [0, 0.1) is 17.8 Å². The van der Waals surface area contributed by atoms with Crippen LogP contribution in [-0.4, -0.2) is 4.98 Å². The number of hydrogen-bond donors (Lipinski definition) is 0. The van der Waals surface area contributed by atoms with Crippen molar-refractivity contribution in [1.82, 2.24) is 4.98 Å². The highest BCUT2D eigenvalue weighted by molar-refractivity contribution is 5.20. The molecule has 0 bridgehead atoms. The Kier molecular flexibility index (Phi) is 6.06. The van der Waals surface area contributed by atoms with Crippen molar-refractivity contribution in [3.05, 3.63) is 29.6 Å². The van der Waals surface area contributed by atoms with Crippen molar-refractivity contribution in [1.29, 1.82) is 0 Å². The normalized spacial score (nSPS) is 31.0. The van der Waals surface area contributed by atoms with E-state index in [1.54, 1.807) is 6.07 Å². The van der Waals surface area contributed by atoms with Crippen molar-refractivity contribution in [2.75, 3.05) is 0 Å². The summed E-state index contributed by atoms with van der Waals surface area (Å²) in [5.74, 6) is 3.07. The van der Waals surface area contributed by atoms with Crippen LogP contribution in [0.2, 0.25) is 0 Å². The van der Waals surface area contributed by atoms with Crippen molar-refractivity contribution < 1.29 is 13.2 Å². The summed E-state index contributed by atoms with van der Waals surface area (Å²) in [6.45, 7) is 2.28. The highest BCUT2D eigenvalue weighted by atomic mass is 19.4. The Morgan fingerprint density at radius 1 is 0.920 bits per heavy atom. The molecule has 0 amide bonds. The molecule has 2 aliphatic rings. The Hall–Kier alpha value is -1.06. The molecule has 3 rings (SSSR count). The summed E-state index contributed by atoms with van der Waals surface area (Å²) in [7, 11) is 0. The van der Waals surface area contributed by atoms with E-state index in [-0.39, 0.29) is 0 Å². The number of halogens is 3. The number of nitrogens with zero attached hydrogens (tertiary/aromatic N) is 1. The molecule has 2 fully saturated rings. The number of rotatable bonds is 4. The van der Waals surface area contributed by atoms with Gasteiger partial charge in [-0.15, -0.1) is 0 Å². The molecule has 1 heterocycles. The van der Waals surface area contributed by atoms with Crippen molar-refractivity contribution in [2.45, 2.75) is 83.2 Å². The van der Waals surface area contributed by atoms with E-state index >= 15 is 0 Å². The lowest BCUT2D eigenvalue weighted by Gasteiger charge is -2.38. The molecule has 1 aromatic heterocycles. The van der Waals surface area contributed by atoms with E-state index < -0.39 is 11.9 Å². The van der Waals surface area contributed by atoms with Crippen LogP contribution in [0.4, 0.5) is 13.2 Å². The lowest BCUT2D eigenvalue weighted by Crippen LogP contribution is -2.25. The zero-order valence-corrected chi connectivity index (χ0v) is 15.2. The number of alkyl halides is 3. The maximum absolute atomic E-state index is 12.6. The van der Waals surface area contributed by atoms with Crippen molar-refractivity contribution in [3.8, 4) is 0 Å². The molecule has 0 atom stereocenters. The first-order chi connectivity index (χ1) is 12.0. The number of hydrogen-bond acceptors (Lipinski definition) is 1. The van der Waals surface area contributed by atoms with Crippen LogP contribution >= 0.6 is 0 Å². The highest BCUT2D eigenvalue weighted by Crippen LogP contribution is 2.44.